The van der Waals surface area contributed by atoms with E-state index in [4.69, 9.17) is 0 Å². The van der Waals surface area contributed by atoms with E-state index in [1.807, 2.05) is 0 Å². The molecule has 0 spiro atoms. The van der Waals surface area contributed by atoms with Gasteiger partial charge in [0.15, 0.2) is 0 Å². The predicted molar refractivity (Wildman–Crippen MR) is 35.9 cm³/mol. The summed E-state index contributed by atoms with van der Waals surface area (Å²) in [6, 6.07) is 0. The number of halogens is 1. The van der Waals surface area contributed by atoms with Gasteiger partial charge in [0.1, 0.15) is 9.85 Å². The van der Waals surface area contributed by atoms with E-state index in [0.29, 0.717) is 0 Å². The molecule has 0 aliphatic heterocycles. The maximum atomic E-state index is 10.0. The fourth-order valence-electron chi connectivity index (χ4n) is 0.325. The summed E-state index contributed by atoms with van der Waals surface area (Å²) < 4.78 is -2.20. The van der Waals surface area contributed by atoms with Crippen LogP contribution >= 0.6 is 15.9 Å². The second-order valence-corrected chi connectivity index (χ2v) is 2.86. The maximum Gasteiger partial charge on any atom is 0.510 e. The minimum absolute atomic E-state index is 0.188. The lowest BCUT2D eigenvalue weighted by Crippen LogP contribution is -2.38. The third-order valence-corrected chi connectivity index (χ3v) is 2.15. The van der Waals surface area contributed by atoms with Crippen LogP contribution < -0.4 is 0 Å². The van der Waals surface area contributed by atoms with Gasteiger partial charge in [0.05, 0.1) is 22.4 Å². The van der Waals surface area contributed by atoms with Crippen LogP contribution in [0.4, 0.5) is 0 Å². The largest absolute Gasteiger partial charge is 0.510 e. The highest BCUT2D eigenvalue weighted by Gasteiger charge is 2.51. The van der Waals surface area contributed by atoms with Gasteiger partial charge in [0, 0.05) is 0 Å². The lowest BCUT2D eigenvalue weighted by atomic mass is 10.4. The number of hydrogen-bond acceptors (Lipinski definition) is 4. The molecule has 0 aromatic rings. The second-order valence-electron chi connectivity index (χ2n) is 1.59. The van der Waals surface area contributed by atoms with Crippen LogP contribution in [0.5, 0.6) is 0 Å². The van der Waals surface area contributed by atoms with E-state index in [0.717, 1.165) is 0 Å². The highest BCUT2D eigenvalue weighted by Crippen LogP contribution is 2.22. The Morgan fingerprint density at radius 1 is 1.40 bits per heavy atom. The normalized spacial score (nSPS) is 11.0. The number of hydrogen-bond donors (Lipinski definition) is 0. The number of rotatable bonds is 3. The molecule has 0 fully saturated rings. The molecule has 0 rings (SSSR count). The summed E-state index contributed by atoms with van der Waals surface area (Å²) in [6.45, 7) is 1.36. The molecule has 0 atom stereocenters. The molecule has 0 N–H and O–H groups in total. The lowest BCUT2D eigenvalue weighted by molar-refractivity contribution is -0.758. The summed E-state index contributed by atoms with van der Waals surface area (Å²) in [5, 5.41) is 20.0. The van der Waals surface area contributed by atoms with Gasteiger partial charge in [-0.05, 0) is 0 Å². The lowest BCUT2D eigenvalue weighted by Gasteiger charge is -2.06. The van der Waals surface area contributed by atoms with E-state index >= 15 is 0 Å². The van der Waals surface area contributed by atoms with Crippen LogP contribution in [0.3, 0.4) is 0 Å². The van der Waals surface area contributed by atoms with Gasteiger partial charge < -0.3 is 0 Å². The van der Waals surface area contributed by atoms with Crippen molar-refractivity contribution in [2.45, 2.75) is 17.9 Å². The first-order valence-electron chi connectivity index (χ1n) is 2.43. The van der Waals surface area contributed by atoms with Gasteiger partial charge >= 0.3 is 4.57 Å². The fraction of sp³-hybridized carbons (Fsp3) is 1.00. The van der Waals surface area contributed by atoms with Gasteiger partial charge in [-0.25, -0.2) is 0 Å². The first-order valence-corrected chi connectivity index (χ1v) is 3.22. The zero-order chi connectivity index (χ0) is 8.36. The topological polar surface area (TPSA) is 86.3 Å². The van der Waals surface area contributed by atoms with Gasteiger partial charge in [-0.2, -0.15) is 0 Å². The molecule has 0 aromatic carbocycles. The van der Waals surface area contributed by atoms with E-state index in [9.17, 15) is 20.2 Å². The second kappa shape index (κ2) is 2.91. The molecule has 6 nitrogen and oxygen atoms in total. The smallest absolute Gasteiger partial charge is 0.258 e. The Morgan fingerprint density at radius 2 is 1.70 bits per heavy atom. The van der Waals surface area contributed by atoms with Gasteiger partial charge in [0.2, 0.25) is 0 Å². The van der Waals surface area contributed by atoms with E-state index in [1.54, 1.807) is 0 Å². The Morgan fingerprint density at radius 3 is 1.70 bits per heavy atom. The van der Waals surface area contributed by atoms with Crippen LogP contribution in [-0.2, 0) is 0 Å². The van der Waals surface area contributed by atoms with Crippen LogP contribution in [-0.4, -0.2) is 14.4 Å². The SMILES string of the molecule is CCC(Br)([N+](=O)[O-])[N+](=O)[O-]. The quantitative estimate of drug-likeness (QED) is 0.230. The summed E-state index contributed by atoms with van der Waals surface area (Å²) in [5.41, 5.74) is 0. The van der Waals surface area contributed by atoms with Crippen molar-refractivity contribution in [2.75, 3.05) is 0 Å². The van der Waals surface area contributed by atoms with Crippen LogP contribution in [0.25, 0.3) is 0 Å². The molecule has 0 amide bonds. The van der Waals surface area contributed by atoms with Gasteiger partial charge in [0.25, 0.3) is 0 Å². The minimum Gasteiger partial charge on any atom is -0.258 e. The minimum atomic E-state index is -2.20. The average molecular weight is 213 g/mol. The maximum absolute atomic E-state index is 10.0. The zero-order valence-corrected chi connectivity index (χ0v) is 6.70. The van der Waals surface area contributed by atoms with Crippen molar-refractivity contribution >= 4 is 15.9 Å². The molecule has 0 saturated heterocycles. The summed E-state index contributed by atoms with van der Waals surface area (Å²) >= 11 is 2.41. The molecule has 58 valence electrons. The van der Waals surface area contributed by atoms with Crippen molar-refractivity contribution in [2.24, 2.45) is 0 Å². The molecule has 0 bridgehead atoms. The molecule has 0 radical (unpaired) electrons. The van der Waals surface area contributed by atoms with Crippen molar-refractivity contribution < 1.29 is 9.85 Å². The third-order valence-electron chi connectivity index (χ3n) is 1.01. The molecule has 0 heterocycles. The first-order chi connectivity index (χ1) is 4.45. The molecule has 0 aliphatic rings. The Kier molecular flexibility index (Phi) is 2.70. The molecule has 10 heavy (non-hydrogen) atoms. The van der Waals surface area contributed by atoms with E-state index in [1.165, 1.54) is 6.92 Å². The molecule has 0 aromatic heterocycles. The Bertz CT molecular complexity index is 156. The van der Waals surface area contributed by atoms with Crippen LogP contribution in [0.2, 0.25) is 0 Å². The average Bonchev–Trinajstić information content (AvgIpc) is 1.85. The number of nitrogens with zero attached hydrogens (tertiary/aromatic N) is 2. The van der Waals surface area contributed by atoms with E-state index in [2.05, 4.69) is 15.9 Å². The molecule has 0 saturated carbocycles. The standard InChI is InChI=1S/C3H5BrN2O4/c1-2-3(4,5(7)8)6(9)10/h2H2,1H3. The molecule has 0 aliphatic carbocycles. The Hall–Kier alpha value is -0.720. The number of nitro groups is 2. The van der Waals surface area contributed by atoms with Crippen LogP contribution in [0, 0.1) is 20.2 Å². The molecular formula is C3H5BrN2O4. The van der Waals surface area contributed by atoms with Crippen LogP contribution in [0.1, 0.15) is 13.3 Å². The Labute approximate surface area is 64.6 Å². The summed E-state index contributed by atoms with van der Waals surface area (Å²) in [6.07, 6.45) is -0.188. The predicted octanol–water partition coefficient (Wildman–Crippen LogP) is 0.998. The van der Waals surface area contributed by atoms with Gasteiger partial charge in [-0.15, -0.1) is 0 Å². The first kappa shape index (κ1) is 9.28. The molecular weight excluding hydrogens is 208 g/mol. The highest BCUT2D eigenvalue weighted by molar-refractivity contribution is 9.09. The number of alkyl halides is 1. The molecule has 0 unspecified atom stereocenters. The monoisotopic (exact) mass is 212 g/mol. The zero-order valence-electron chi connectivity index (χ0n) is 5.11. The van der Waals surface area contributed by atoms with Gasteiger partial charge in [-0.1, -0.05) is 6.92 Å². The van der Waals surface area contributed by atoms with Crippen molar-refractivity contribution in [3.63, 3.8) is 0 Å². The van der Waals surface area contributed by atoms with Crippen LogP contribution in [0.15, 0.2) is 0 Å². The van der Waals surface area contributed by atoms with Gasteiger partial charge in [-0.3, -0.25) is 20.2 Å². The highest BCUT2D eigenvalue weighted by atomic mass is 79.9. The van der Waals surface area contributed by atoms with Crippen molar-refractivity contribution in [3.8, 4) is 0 Å². The summed E-state index contributed by atoms with van der Waals surface area (Å²) in [7, 11) is 0. The summed E-state index contributed by atoms with van der Waals surface area (Å²) in [5.74, 6) is 0. The van der Waals surface area contributed by atoms with Crippen molar-refractivity contribution in [3.05, 3.63) is 20.2 Å². The van der Waals surface area contributed by atoms with Crippen molar-refractivity contribution in [1.82, 2.24) is 0 Å². The van der Waals surface area contributed by atoms with E-state index < -0.39 is 14.4 Å². The fourth-order valence-corrected chi connectivity index (χ4v) is 0.325. The summed E-state index contributed by atoms with van der Waals surface area (Å²) in [4.78, 5) is 18.1. The Balaban J connectivity index is 4.55. The van der Waals surface area contributed by atoms with Crippen molar-refractivity contribution in [1.29, 1.82) is 0 Å². The van der Waals surface area contributed by atoms with E-state index in [-0.39, 0.29) is 6.42 Å². The third kappa shape index (κ3) is 1.41. The molecule has 7 heteroatoms.